The van der Waals surface area contributed by atoms with Crippen LogP contribution in [0.4, 0.5) is 9.80 Å². The molecular formula is C20H25N3O2S. The van der Waals surface area contributed by atoms with Crippen molar-refractivity contribution in [1.82, 2.24) is 10.2 Å². The van der Waals surface area contributed by atoms with Crippen molar-refractivity contribution in [1.29, 1.82) is 0 Å². The Hall–Kier alpha value is -2.34. The molecule has 2 heterocycles. The van der Waals surface area contributed by atoms with E-state index in [4.69, 9.17) is 0 Å². The number of thiophene rings is 1. The minimum atomic E-state index is -0.117. The topological polar surface area (TPSA) is 61.4 Å². The lowest BCUT2D eigenvalue weighted by Gasteiger charge is -2.31. The summed E-state index contributed by atoms with van der Waals surface area (Å²) < 4.78 is 0. The van der Waals surface area contributed by atoms with E-state index in [0.717, 1.165) is 30.7 Å². The van der Waals surface area contributed by atoms with E-state index in [2.05, 4.69) is 22.8 Å². The first kappa shape index (κ1) is 18.5. The Kier molecular flexibility index (Phi) is 6.66. The second-order valence-corrected chi connectivity index (χ2v) is 7.52. The van der Waals surface area contributed by atoms with Gasteiger partial charge in [-0.3, -0.25) is 10.1 Å². The lowest BCUT2D eigenvalue weighted by Crippen LogP contribution is -2.47. The summed E-state index contributed by atoms with van der Waals surface area (Å²) in [5.74, 6) is -0.0544. The molecule has 1 aromatic heterocycles. The van der Waals surface area contributed by atoms with Gasteiger partial charge in [-0.1, -0.05) is 30.3 Å². The molecule has 3 rings (SSSR count). The number of hydrogen-bond donors (Lipinski definition) is 2. The molecule has 5 nitrogen and oxygen atoms in total. The lowest BCUT2D eigenvalue weighted by atomic mass is 9.97. The van der Waals surface area contributed by atoms with Gasteiger partial charge in [0.2, 0.25) is 5.91 Å². The van der Waals surface area contributed by atoms with E-state index in [-0.39, 0.29) is 17.9 Å². The van der Waals surface area contributed by atoms with Crippen molar-refractivity contribution >= 4 is 28.3 Å². The van der Waals surface area contributed by atoms with E-state index < -0.39 is 0 Å². The maximum atomic E-state index is 12.4. The number of carbonyl (C=O) groups is 2. The maximum Gasteiger partial charge on any atom is 0.322 e. The van der Waals surface area contributed by atoms with Crippen molar-refractivity contribution < 1.29 is 9.59 Å². The van der Waals surface area contributed by atoms with Gasteiger partial charge in [0, 0.05) is 19.6 Å². The van der Waals surface area contributed by atoms with E-state index in [1.165, 1.54) is 16.9 Å². The molecule has 0 saturated carbocycles. The number of amides is 3. The van der Waals surface area contributed by atoms with E-state index in [1.54, 1.807) is 4.90 Å². The van der Waals surface area contributed by atoms with Crippen LogP contribution in [-0.2, 0) is 11.2 Å². The fourth-order valence-corrected chi connectivity index (χ4v) is 3.81. The first-order chi connectivity index (χ1) is 12.7. The van der Waals surface area contributed by atoms with Crippen LogP contribution in [-0.4, -0.2) is 36.5 Å². The molecule has 2 N–H and O–H groups in total. The number of anilines is 1. The number of hydrogen-bond acceptors (Lipinski definition) is 3. The number of urea groups is 1. The number of carbonyl (C=O) groups excluding carboxylic acids is 2. The zero-order valence-electron chi connectivity index (χ0n) is 14.8. The van der Waals surface area contributed by atoms with E-state index in [0.29, 0.717) is 19.6 Å². The highest BCUT2D eigenvalue weighted by molar-refractivity contribution is 7.14. The van der Waals surface area contributed by atoms with Crippen LogP contribution in [0.25, 0.3) is 0 Å². The van der Waals surface area contributed by atoms with Crippen LogP contribution in [0.1, 0.15) is 24.8 Å². The molecule has 6 heteroatoms. The van der Waals surface area contributed by atoms with Crippen LogP contribution in [0.15, 0.2) is 47.8 Å². The van der Waals surface area contributed by atoms with Crippen molar-refractivity contribution in [3.63, 3.8) is 0 Å². The summed E-state index contributed by atoms with van der Waals surface area (Å²) in [5.41, 5.74) is 1.29. The first-order valence-electron chi connectivity index (χ1n) is 9.13. The minimum Gasteiger partial charge on any atom is -0.356 e. The van der Waals surface area contributed by atoms with Gasteiger partial charge >= 0.3 is 6.03 Å². The molecule has 2 aromatic rings. The Morgan fingerprint density at radius 2 is 2.00 bits per heavy atom. The van der Waals surface area contributed by atoms with Crippen molar-refractivity contribution in [2.24, 2.45) is 5.92 Å². The number of nitrogens with one attached hydrogen (secondary N) is 2. The fraction of sp³-hybridized carbons (Fsp3) is 0.400. The van der Waals surface area contributed by atoms with Gasteiger partial charge in [-0.25, -0.2) is 4.79 Å². The zero-order valence-corrected chi connectivity index (χ0v) is 15.6. The summed E-state index contributed by atoms with van der Waals surface area (Å²) >= 11 is 1.50. The van der Waals surface area contributed by atoms with Gasteiger partial charge in [0.25, 0.3) is 0 Å². The molecule has 0 radical (unpaired) electrons. The molecule has 1 fully saturated rings. The van der Waals surface area contributed by atoms with Crippen molar-refractivity contribution in [3.8, 4) is 0 Å². The van der Waals surface area contributed by atoms with Gasteiger partial charge in [-0.2, -0.15) is 0 Å². The van der Waals surface area contributed by atoms with Crippen LogP contribution in [0.2, 0.25) is 0 Å². The number of piperidine rings is 1. The third-order valence-electron chi connectivity index (χ3n) is 4.61. The molecule has 1 unspecified atom stereocenters. The molecule has 138 valence electrons. The SMILES string of the molecule is O=C(NCCCc1ccccc1)C1CCCN(C(=O)Nc2cccs2)C1. The van der Waals surface area contributed by atoms with Crippen molar-refractivity contribution in [3.05, 3.63) is 53.4 Å². The van der Waals surface area contributed by atoms with Crippen LogP contribution < -0.4 is 10.6 Å². The molecule has 3 amide bonds. The Morgan fingerprint density at radius 3 is 2.77 bits per heavy atom. The van der Waals surface area contributed by atoms with E-state index in [1.807, 2.05) is 35.7 Å². The molecule has 0 bridgehead atoms. The molecule has 1 atom stereocenters. The second-order valence-electron chi connectivity index (χ2n) is 6.57. The highest BCUT2D eigenvalue weighted by Crippen LogP contribution is 2.20. The standard InChI is InChI=1S/C20H25N3O2S/c24-19(21-12-4-9-16-7-2-1-3-8-16)17-10-5-13-23(15-17)20(25)22-18-11-6-14-26-18/h1-3,6-8,11,14,17H,4-5,9-10,12-13,15H2,(H,21,24)(H,22,25). The summed E-state index contributed by atoms with van der Waals surface area (Å²) in [6, 6.07) is 14.0. The van der Waals surface area contributed by atoms with Crippen LogP contribution in [0, 0.1) is 5.92 Å². The summed E-state index contributed by atoms with van der Waals surface area (Å²) in [5, 5.41) is 8.69. The van der Waals surface area contributed by atoms with Gasteiger partial charge in [-0.15, -0.1) is 11.3 Å². The monoisotopic (exact) mass is 371 g/mol. The number of rotatable bonds is 6. The molecule has 26 heavy (non-hydrogen) atoms. The Morgan fingerprint density at radius 1 is 1.15 bits per heavy atom. The number of aryl methyl sites for hydroxylation is 1. The highest BCUT2D eigenvalue weighted by atomic mass is 32.1. The Bertz CT molecular complexity index is 703. The van der Waals surface area contributed by atoms with Crippen molar-refractivity contribution in [2.75, 3.05) is 25.0 Å². The normalized spacial score (nSPS) is 16.9. The second kappa shape index (κ2) is 9.38. The summed E-state index contributed by atoms with van der Waals surface area (Å²) in [6.07, 6.45) is 3.58. The zero-order chi connectivity index (χ0) is 18.2. The van der Waals surface area contributed by atoms with Gasteiger partial charge in [0.05, 0.1) is 10.9 Å². The third-order valence-corrected chi connectivity index (χ3v) is 5.40. The van der Waals surface area contributed by atoms with Gasteiger partial charge in [-0.05, 0) is 48.8 Å². The Balaban J connectivity index is 1.40. The van der Waals surface area contributed by atoms with Crippen LogP contribution in [0.5, 0.6) is 0 Å². The quantitative estimate of drug-likeness (QED) is 0.760. The molecule has 1 aromatic carbocycles. The molecular weight excluding hydrogens is 346 g/mol. The highest BCUT2D eigenvalue weighted by Gasteiger charge is 2.28. The van der Waals surface area contributed by atoms with E-state index in [9.17, 15) is 9.59 Å². The average molecular weight is 372 g/mol. The number of likely N-dealkylation sites (tertiary alicyclic amines) is 1. The van der Waals surface area contributed by atoms with Gasteiger partial charge in [0.1, 0.15) is 0 Å². The van der Waals surface area contributed by atoms with E-state index >= 15 is 0 Å². The summed E-state index contributed by atoms with van der Waals surface area (Å²) in [7, 11) is 0. The van der Waals surface area contributed by atoms with Crippen LogP contribution >= 0.6 is 11.3 Å². The average Bonchev–Trinajstić information content (AvgIpc) is 3.19. The first-order valence-corrected chi connectivity index (χ1v) is 10.0. The lowest BCUT2D eigenvalue weighted by molar-refractivity contribution is -0.126. The molecule has 1 aliphatic heterocycles. The van der Waals surface area contributed by atoms with Gasteiger partial charge in [0.15, 0.2) is 0 Å². The van der Waals surface area contributed by atoms with Gasteiger partial charge < -0.3 is 10.2 Å². The summed E-state index contributed by atoms with van der Waals surface area (Å²) in [6.45, 7) is 1.86. The maximum absolute atomic E-state index is 12.4. The molecule has 0 aliphatic carbocycles. The summed E-state index contributed by atoms with van der Waals surface area (Å²) in [4.78, 5) is 26.5. The number of benzene rings is 1. The predicted molar refractivity (Wildman–Crippen MR) is 105 cm³/mol. The smallest absolute Gasteiger partial charge is 0.322 e. The predicted octanol–water partition coefficient (Wildman–Crippen LogP) is 3.74. The van der Waals surface area contributed by atoms with Crippen LogP contribution in [0.3, 0.4) is 0 Å². The fourth-order valence-electron chi connectivity index (χ4n) is 3.20. The van der Waals surface area contributed by atoms with Crippen molar-refractivity contribution in [2.45, 2.75) is 25.7 Å². The molecule has 1 aliphatic rings. The largest absolute Gasteiger partial charge is 0.356 e. The minimum absolute atomic E-state index is 0.0617. The molecule has 1 saturated heterocycles. The Labute approximate surface area is 158 Å². The third kappa shape index (κ3) is 5.33. The molecule has 0 spiro atoms. The number of nitrogens with zero attached hydrogens (tertiary/aromatic N) is 1.